The number of imidazole rings is 1. The molecule has 1 aliphatic rings. The van der Waals surface area contributed by atoms with E-state index >= 15 is 0 Å². The minimum Gasteiger partial charge on any atom is -0.338 e. The van der Waals surface area contributed by atoms with E-state index in [-0.39, 0.29) is 5.91 Å². The number of anilines is 1. The minimum atomic E-state index is -0.157. The van der Waals surface area contributed by atoms with Gasteiger partial charge in [0.2, 0.25) is 0 Å². The first-order valence-electron chi connectivity index (χ1n) is 9.86. The SMILES string of the molecule is Cc1ccc(C(=O)Nc2cccc(C(C)Cc3nccn3C)c2)nc1C1CC1. The number of nitrogens with zero attached hydrogens (tertiary/aromatic N) is 3. The third-order valence-electron chi connectivity index (χ3n) is 5.46. The maximum Gasteiger partial charge on any atom is 0.274 e. The Hall–Kier alpha value is -2.95. The summed E-state index contributed by atoms with van der Waals surface area (Å²) in [5.41, 5.74) is 4.70. The van der Waals surface area contributed by atoms with Crippen molar-refractivity contribution >= 4 is 11.6 Å². The predicted molar refractivity (Wildman–Crippen MR) is 111 cm³/mol. The van der Waals surface area contributed by atoms with Crippen LogP contribution in [-0.2, 0) is 13.5 Å². The van der Waals surface area contributed by atoms with Crippen molar-refractivity contribution < 1.29 is 4.79 Å². The highest BCUT2D eigenvalue weighted by Gasteiger charge is 2.27. The Morgan fingerprint density at radius 1 is 1.29 bits per heavy atom. The summed E-state index contributed by atoms with van der Waals surface area (Å²) in [6.45, 7) is 4.24. The van der Waals surface area contributed by atoms with Crippen molar-refractivity contribution in [2.45, 2.75) is 44.9 Å². The molecule has 1 atom stereocenters. The van der Waals surface area contributed by atoms with Gasteiger partial charge in [-0.3, -0.25) is 4.79 Å². The maximum atomic E-state index is 12.7. The molecule has 1 N–H and O–H groups in total. The molecule has 5 heteroatoms. The highest BCUT2D eigenvalue weighted by atomic mass is 16.1. The first-order chi connectivity index (χ1) is 13.5. The fraction of sp³-hybridized carbons (Fsp3) is 0.348. The first kappa shape index (κ1) is 18.4. The molecule has 144 valence electrons. The summed E-state index contributed by atoms with van der Waals surface area (Å²) in [7, 11) is 2.01. The number of aryl methyl sites for hydroxylation is 2. The van der Waals surface area contributed by atoms with Crippen molar-refractivity contribution in [2.75, 3.05) is 5.32 Å². The van der Waals surface area contributed by atoms with E-state index in [1.54, 1.807) is 0 Å². The molecule has 0 radical (unpaired) electrons. The molecular weight excluding hydrogens is 348 g/mol. The number of nitrogens with one attached hydrogen (secondary N) is 1. The van der Waals surface area contributed by atoms with Crippen LogP contribution in [0.25, 0.3) is 0 Å². The molecule has 2 heterocycles. The lowest BCUT2D eigenvalue weighted by atomic mass is 9.97. The molecule has 0 bridgehead atoms. The third-order valence-corrected chi connectivity index (χ3v) is 5.46. The average molecular weight is 374 g/mol. The van der Waals surface area contributed by atoms with E-state index in [4.69, 9.17) is 0 Å². The molecule has 1 unspecified atom stereocenters. The van der Waals surface area contributed by atoms with Crippen molar-refractivity contribution in [3.8, 4) is 0 Å². The summed E-state index contributed by atoms with van der Waals surface area (Å²) in [4.78, 5) is 21.8. The quantitative estimate of drug-likeness (QED) is 0.686. The van der Waals surface area contributed by atoms with E-state index < -0.39 is 0 Å². The number of aromatic nitrogens is 3. The van der Waals surface area contributed by atoms with Gasteiger partial charge in [0.05, 0.1) is 0 Å². The van der Waals surface area contributed by atoms with Crippen LogP contribution >= 0.6 is 0 Å². The Labute approximate surface area is 165 Å². The number of pyridine rings is 1. The number of benzene rings is 1. The normalized spacial score (nSPS) is 14.7. The van der Waals surface area contributed by atoms with Crippen LogP contribution < -0.4 is 5.32 Å². The van der Waals surface area contributed by atoms with Gasteiger partial charge in [-0.1, -0.05) is 25.1 Å². The van der Waals surface area contributed by atoms with Gasteiger partial charge in [0.15, 0.2) is 0 Å². The Kier molecular flexibility index (Phi) is 4.99. The number of hydrogen-bond acceptors (Lipinski definition) is 3. The minimum absolute atomic E-state index is 0.157. The zero-order chi connectivity index (χ0) is 19.7. The molecular formula is C23H26N4O. The van der Waals surface area contributed by atoms with Gasteiger partial charge in [0, 0.05) is 43.2 Å². The number of carbonyl (C=O) groups excluding carboxylic acids is 1. The third kappa shape index (κ3) is 3.98. The van der Waals surface area contributed by atoms with E-state index in [1.807, 2.05) is 54.3 Å². The zero-order valence-electron chi connectivity index (χ0n) is 16.6. The van der Waals surface area contributed by atoms with Crippen LogP contribution in [0.1, 0.15) is 64.7 Å². The van der Waals surface area contributed by atoms with Gasteiger partial charge in [-0.05, 0) is 55.0 Å². The van der Waals surface area contributed by atoms with Gasteiger partial charge < -0.3 is 9.88 Å². The largest absolute Gasteiger partial charge is 0.338 e. The zero-order valence-corrected chi connectivity index (χ0v) is 16.6. The fourth-order valence-electron chi connectivity index (χ4n) is 3.54. The Morgan fingerprint density at radius 2 is 2.11 bits per heavy atom. The van der Waals surface area contributed by atoms with E-state index in [1.165, 1.54) is 24.0 Å². The maximum absolute atomic E-state index is 12.7. The van der Waals surface area contributed by atoms with Gasteiger partial charge >= 0.3 is 0 Å². The molecule has 1 aromatic carbocycles. The van der Waals surface area contributed by atoms with Crippen molar-refractivity contribution in [3.63, 3.8) is 0 Å². The molecule has 4 rings (SSSR count). The lowest BCUT2D eigenvalue weighted by Gasteiger charge is -2.14. The second kappa shape index (κ2) is 7.58. The van der Waals surface area contributed by atoms with Gasteiger partial charge in [-0.2, -0.15) is 0 Å². The van der Waals surface area contributed by atoms with E-state index in [9.17, 15) is 4.79 Å². The molecule has 0 saturated heterocycles. The summed E-state index contributed by atoms with van der Waals surface area (Å²) in [6, 6.07) is 11.9. The Bertz CT molecular complexity index is 1000. The van der Waals surface area contributed by atoms with Crippen LogP contribution in [0, 0.1) is 6.92 Å². The molecule has 0 aliphatic heterocycles. The number of amides is 1. The van der Waals surface area contributed by atoms with Crippen LogP contribution in [0.4, 0.5) is 5.69 Å². The van der Waals surface area contributed by atoms with Crippen molar-refractivity contribution in [3.05, 3.63) is 77.1 Å². The molecule has 0 spiro atoms. The average Bonchev–Trinajstić information content (AvgIpc) is 3.45. The lowest BCUT2D eigenvalue weighted by molar-refractivity contribution is 0.102. The topological polar surface area (TPSA) is 59.8 Å². The first-order valence-corrected chi connectivity index (χ1v) is 9.86. The number of hydrogen-bond donors (Lipinski definition) is 1. The molecule has 1 fully saturated rings. The summed E-state index contributed by atoms with van der Waals surface area (Å²) >= 11 is 0. The lowest BCUT2D eigenvalue weighted by Crippen LogP contribution is -2.15. The molecule has 28 heavy (non-hydrogen) atoms. The monoisotopic (exact) mass is 374 g/mol. The van der Waals surface area contributed by atoms with E-state index in [2.05, 4.69) is 35.2 Å². The number of carbonyl (C=O) groups is 1. The summed E-state index contributed by atoms with van der Waals surface area (Å²) in [5, 5.41) is 3.01. The Balaban J connectivity index is 1.48. The molecule has 5 nitrogen and oxygen atoms in total. The number of rotatable bonds is 6. The Morgan fingerprint density at radius 3 is 2.82 bits per heavy atom. The van der Waals surface area contributed by atoms with Crippen LogP contribution in [0.15, 0.2) is 48.8 Å². The van der Waals surface area contributed by atoms with E-state index in [0.717, 1.165) is 23.6 Å². The second-order valence-corrected chi connectivity index (χ2v) is 7.81. The molecule has 1 aliphatic carbocycles. The highest BCUT2D eigenvalue weighted by Crippen LogP contribution is 2.40. The smallest absolute Gasteiger partial charge is 0.274 e. The van der Waals surface area contributed by atoms with Crippen LogP contribution in [0.2, 0.25) is 0 Å². The van der Waals surface area contributed by atoms with Gasteiger partial charge in [0.25, 0.3) is 5.91 Å². The summed E-state index contributed by atoms with van der Waals surface area (Å²) < 4.78 is 2.04. The standard InChI is InChI=1S/C23H26N4O/c1-15-7-10-20(26-22(15)17-8-9-17)23(28)25-19-6-4-5-18(14-19)16(2)13-21-24-11-12-27(21)3/h4-7,10-12,14,16-17H,8-9,13H2,1-3H3,(H,25,28). The van der Waals surface area contributed by atoms with Gasteiger partial charge in [-0.25, -0.2) is 9.97 Å². The van der Waals surface area contributed by atoms with Crippen LogP contribution in [0.3, 0.4) is 0 Å². The second-order valence-electron chi connectivity index (χ2n) is 7.81. The van der Waals surface area contributed by atoms with Gasteiger partial charge in [0.1, 0.15) is 11.5 Å². The van der Waals surface area contributed by atoms with E-state index in [0.29, 0.717) is 17.5 Å². The summed E-state index contributed by atoms with van der Waals surface area (Å²) in [5.74, 6) is 1.73. The molecule has 1 amide bonds. The summed E-state index contributed by atoms with van der Waals surface area (Å²) in [6.07, 6.45) is 6.99. The van der Waals surface area contributed by atoms with Crippen molar-refractivity contribution in [1.82, 2.24) is 14.5 Å². The van der Waals surface area contributed by atoms with Crippen molar-refractivity contribution in [1.29, 1.82) is 0 Å². The van der Waals surface area contributed by atoms with Crippen molar-refractivity contribution in [2.24, 2.45) is 7.05 Å². The fourth-order valence-corrected chi connectivity index (χ4v) is 3.54. The van der Waals surface area contributed by atoms with Crippen LogP contribution in [0.5, 0.6) is 0 Å². The predicted octanol–water partition coefficient (Wildman–Crippen LogP) is 4.60. The van der Waals surface area contributed by atoms with Crippen LogP contribution in [-0.4, -0.2) is 20.4 Å². The van der Waals surface area contributed by atoms with Gasteiger partial charge in [-0.15, -0.1) is 0 Å². The molecule has 3 aromatic rings. The molecule has 1 saturated carbocycles. The highest BCUT2D eigenvalue weighted by molar-refractivity contribution is 6.03. The molecule has 2 aromatic heterocycles.